The normalized spacial score (nSPS) is 12.6. The highest BCUT2D eigenvalue weighted by molar-refractivity contribution is 7.90. The molecular formula is C19H20ClFN4O3S. The lowest BCUT2D eigenvalue weighted by molar-refractivity contribution is 0.339. The van der Waals surface area contributed by atoms with Gasteiger partial charge in [-0.25, -0.2) is 22.8 Å². The van der Waals surface area contributed by atoms with Gasteiger partial charge in [0, 0.05) is 6.26 Å². The number of rotatable bonds is 7. The van der Waals surface area contributed by atoms with E-state index in [1.54, 1.807) is 31.3 Å². The monoisotopic (exact) mass is 438 g/mol. The maximum Gasteiger partial charge on any atom is 0.194 e. The van der Waals surface area contributed by atoms with Crippen molar-refractivity contribution in [2.45, 2.75) is 24.9 Å². The summed E-state index contributed by atoms with van der Waals surface area (Å²) in [5.41, 5.74) is 0.989. The van der Waals surface area contributed by atoms with E-state index in [0.29, 0.717) is 35.3 Å². The average Bonchev–Trinajstić information content (AvgIpc) is 3.05. The maximum atomic E-state index is 13.7. The molecule has 154 valence electrons. The van der Waals surface area contributed by atoms with Gasteiger partial charge in [-0.2, -0.15) is 0 Å². The Bertz CT molecular complexity index is 1120. The topological polar surface area (TPSA) is 97.0 Å². The first-order valence-electron chi connectivity index (χ1n) is 8.76. The molecule has 29 heavy (non-hydrogen) atoms. The van der Waals surface area contributed by atoms with Gasteiger partial charge in [0.2, 0.25) is 0 Å². The summed E-state index contributed by atoms with van der Waals surface area (Å²) in [7, 11) is -3.52. The first-order valence-corrected chi connectivity index (χ1v) is 11.0. The molecule has 0 bridgehead atoms. The van der Waals surface area contributed by atoms with Crippen LogP contribution in [0.15, 0.2) is 41.6 Å². The summed E-state index contributed by atoms with van der Waals surface area (Å²) in [6.45, 7) is 4.01. The van der Waals surface area contributed by atoms with E-state index in [-0.39, 0.29) is 10.0 Å². The fraction of sp³-hybridized carbons (Fsp3) is 0.263. The number of H-pyrrole nitrogens is 1. The van der Waals surface area contributed by atoms with Crippen LogP contribution in [-0.4, -0.2) is 36.2 Å². The number of hydrogen-bond acceptors (Lipinski definition) is 6. The van der Waals surface area contributed by atoms with Crippen molar-refractivity contribution in [1.82, 2.24) is 15.0 Å². The third kappa shape index (κ3) is 4.86. The Morgan fingerprint density at radius 3 is 2.62 bits per heavy atom. The van der Waals surface area contributed by atoms with Crippen molar-refractivity contribution in [2.24, 2.45) is 0 Å². The highest BCUT2D eigenvalue weighted by Gasteiger charge is 2.24. The SMILES string of the molecule is CCOc1ccc(NC(c2ccc(F)c(Cl)c2)c2nc(S(C)(=O)=O)c(C)[nH]2)nc1. The van der Waals surface area contributed by atoms with Crippen LogP contribution in [0.5, 0.6) is 5.75 Å². The predicted molar refractivity (Wildman–Crippen MR) is 109 cm³/mol. The highest BCUT2D eigenvalue weighted by Crippen LogP contribution is 2.29. The number of aromatic nitrogens is 3. The summed E-state index contributed by atoms with van der Waals surface area (Å²) in [5, 5.41) is 3.08. The second-order valence-corrected chi connectivity index (χ2v) is 8.73. The Balaban J connectivity index is 2.03. The number of nitrogens with zero attached hydrogens (tertiary/aromatic N) is 2. The number of halogens is 2. The Morgan fingerprint density at radius 1 is 1.31 bits per heavy atom. The number of nitrogens with one attached hydrogen (secondary N) is 2. The molecule has 3 rings (SSSR count). The molecule has 1 atom stereocenters. The average molecular weight is 439 g/mol. The molecule has 7 nitrogen and oxygen atoms in total. The fourth-order valence-electron chi connectivity index (χ4n) is 2.83. The molecule has 0 radical (unpaired) electrons. The van der Waals surface area contributed by atoms with Crippen LogP contribution >= 0.6 is 11.6 Å². The molecule has 0 aliphatic carbocycles. The van der Waals surface area contributed by atoms with Gasteiger partial charge in [-0.05, 0) is 43.7 Å². The van der Waals surface area contributed by atoms with E-state index in [9.17, 15) is 12.8 Å². The molecule has 2 heterocycles. The minimum absolute atomic E-state index is 0.0489. The van der Waals surface area contributed by atoms with Crippen LogP contribution in [-0.2, 0) is 9.84 Å². The van der Waals surface area contributed by atoms with Crippen LogP contribution in [0.25, 0.3) is 0 Å². The summed E-state index contributed by atoms with van der Waals surface area (Å²) in [6.07, 6.45) is 2.65. The van der Waals surface area contributed by atoms with E-state index in [0.717, 1.165) is 6.26 Å². The quantitative estimate of drug-likeness (QED) is 0.580. The van der Waals surface area contributed by atoms with Gasteiger partial charge in [0.15, 0.2) is 14.9 Å². The number of aromatic amines is 1. The molecule has 2 aromatic heterocycles. The number of aryl methyl sites for hydroxylation is 1. The summed E-state index contributed by atoms with van der Waals surface area (Å²) in [4.78, 5) is 11.6. The molecule has 0 aliphatic rings. The van der Waals surface area contributed by atoms with Crippen molar-refractivity contribution in [1.29, 1.82) is 0 Å². The van der Waals surface area contributed by atoms with Gasteiger partial charge >= 0.3 is 0 Å². The molecule has 0 amide bonds. The smallest absolute Gasteiger partial charge is 0.194 e. The largest absolute Gasteiger partial charge is 0.492 e. The first kappa shape index (κ1) is 21.1. The number of sulfone groups is 1. The third-order valence-corrected chi connectivity index (χ3v) is 5.49. The molecule has 2 N–H and O–H groups in total. The summed E-state index contributed by atoms with van der Waals surface area (Å²) in [6, 6.07) is 7.07. The van der Waals surface area contributed by atoms with Gasteiger partial charge < -0.3 is 15.0 Å². The fourth-order valence-corrected chi connectivity index (χ4v) is 3.89. The minimum atomic E-state index is -3.52. The van der Waals surface area contributed by atoms with Gasteiger partial charge in [0.25, 0.3) is 0 Å². The zero-order valence-corrected chi connectivity index (χ0v) is 17.6. The highest BCUT2D eigenvalue weighted by atomic mass is 35.5. The molecule has 3 aromatic rings. The Kier molecular flexibility index (Phi) is 6.09. The van der Waals surface area contributed by atoms with Gasteiger partial charge in [0.1, 0.15) is 29.3 Å². The number of hydrogen-bond donors (Lipinski definition) is 2. The second-order valence-electron chi connectivity index (χ2n) is 6.39. The number of benzene rings is 1. The lowest BCUT2D eigenvalue weighted by Crippen LogP contribution is -2.15. The molecule has 0 spiro atoms. The van der Waals surface area contributed by atoms with E-state index >= 15 is 0 Å². The van der Waals surface area contributed by atoms with Crippen LogP contribution in [0, 0.1) is 12.7 Å². The Labute approximate surface area is 173 Å². The van der Waals surface area contributed by atoms with Gasteiger partial charge in [-0.15, -0.1) is 0 Å². The van der Waals surface area contributed by atoms with E-state index in [1.165, 1.54) is 12.1 Å². The summed E-state index contributed by atoms with van der Waals surface area (Å²) >= 11 is 5.95. The van der Waals surface area contributed by atoms with Gasteiger partial charge in [-0.1, -0.05) is 17.7 Å². The molecule has 1 unspecified atom stereocenters. The molecule has 0 fully saturated rings. The second kappa shape index (κ2) is 8.38. The van der Waals surface area contributed by atoms with Crippen LogP contribution in [0.3, 0.4) is 0 Å². The van der Waals surface area contributed by atoms with Crippen LogP contribution in [0.4, 0.5) is 10.2 Å². The van der Waals surface area contributed by atoms with Crippen molar-refractivity contribution in [3.05, 3.63) is 64.5 Å². The van der Waals surface area contributed by atoms with Crippen molar-refractivity contribution in [2.75, 3.05) is 18.2 Å². The Morgan fingerprint density at radius 2 is 2.07 bits per heavy atom. The molecule has 0 saturated heterocycles. The van der Waals surface area contributed by atoms with E-state index in [1.807, 2.05) is 6.92 Å². The zero-order chi connectivity index (χ0) is 21.2. The first-order chi connectivity index (χ1) is 13.7. The number of anilines is 1. The minimum Gasteiger partial charge on any atom is -0.492 e. The number of imidazole rings is 1. The summed E-state index contributed by atoms with van der Waals surface area (Å²) < 4.78 is 43.0. The van der Waals surface area contributed by atoms with Gasteiger partial charge in [-0.3, -0.25) is 0 Å². The standard InChI is InChI=1S/C19H20ClFN4O3S/c1-4-28-13-6-8-16(22-10-13)24-17(12-5-7-15(21)14(20)9-12)18-23-11(2)19(25-18)29(3,26)27/h5-10,17H,4H2,1-3H3,(H,22,24)(H,23,25). The predicted octanol–water partition coefficient (Wildman–Crippen LogP) is 3.91. The summed E-state index contributed by atoms with van der Waals surface area (Å²) in [5.74, 6) is 0.892. The maximum absolute atomic E-state index is 13.7. The molecule has 0 aliphatic heterocycles. The van der Waals surface area contributed by atoms with Crippen molar-refractivity contribution >= 4 is 27.3 Å². The lowest BCUT2D eigenvalue weighted by atomic mass is 10.1. The van der Waals surface area contributed by atoms with Crippen LogP contribution in [0.1, 0.15) is 30.0 Å². The Hall–Kier alpha value is -2.65. The third-order valence-electron chi connectivity index (χ3n) is 4.10. The lowest BCUT2D eigenvalue weighted by Gasteiger charge is -2.18. The molecule has 10 heteroatoms. The van der Waals surface area contributed by atoms with Gasteiger partial charge in [0.05, 0.1) is 23.5 Å². The molecule has 1 aromatic carbocycles. The number of ether oxygens (including phenoxy) is 1. The zero-order valence-electron chi connectivity index (χ0n) is 16.0. The van der Waals surface area contributed by atoms with Crippen LogP contribution in [0.2, 0.25) is 5.02 Å². The van der Waals surface area contributed by atoms with Crippen molar-refractivity contribution < 1.29 is 17.5 Å². The van der Waals surface area contributed by atoms with Crippen LogP contribution < -0.4 is 10.1 Å². The van der Waals surface area contributed by atoms with E-state index in [4.69, 9.17) is 16.3 Å². The number of pyridine rings is 1. The molecule has 0 saturated carbocycles. The van der Waals surface area contributed by atoms with Crippen molar-refractivity contribution in [3.63, 3.8) is 0 Å². The van der Waals surface area contributed by atoms with E-state index < -0.39 is 21.7 Å². The molecular weight excluding hydrogens is 419 g/mol. The van der Waals surface area contributed by atoms with Crippen molar-refractivity contribution in [3.8, 4) is 5.75 Å². The van der Waals surface area contributed by atoms with E-state index in [2.05, 4.69) is 20.3 Å².